The standard InChI is InChI=1S/C23H28BrN3O3S/c1-4-5-6-7-12-30-21-11-9-17(24)13-19(21)22(29)27-23(31)26-18-10-8-15(2)20(14-18)25-16(3)28/h8-11,13-14H,4-7,12H2,1-3H3,(H,25,28)(H2,26,27,29,31). The van der Waals surface area contributed by atoms with Crippen LogP contribution in [-0.4, -0.2) is 23.5 Å². The molecule has 0 atom stereocenters. The number of unbranched alkanes of at least 4 members (excludes halogenated alkanes) is 3. The predicted molar refractivity (Wildman–Crippen MR) is 133 cm³/mol. The van der Waals surface area contributed by atoms with Crippen LogP contribution < -0.4 is 20.7 Å². The van der Waals surface area contributed by atoms with Gasteiger partial charge < -0.3 is 15.4 Å². The molecule has 0 aliphatic rings. The molecular formula is C23H28BrN3O3S. The Balaban J connectivity index is 2.03. The van der Waals surface area contributed by atoms with Crippen LogP contribution in [0.15, 0.2) is 40.9 Å². The third-order valence-electron chi connectivity index (χ3n) is 4.47. The van der Waals surface area contributed by atoms with Crippen LogP contribution >= 0.6 is 28.1 Å². The van der Waals surface area contributed by atoms with E-state index in [0.29, 0.717) is 29.3 Å². The minimum Gasteiger partial charge on any atom is -0.493 e. The van der Waals surface area contributed by atoms with Gasteiger partial charge in [-0.1, -0.05) is 48.2 Å². The van der Waals surface area contributed by atoms with Gasteiger partial charge in [-0.15, -0.1) is 0 Å². The quantitative estimate of drug-likeness (QED) is 0.296. The minimum atomic E-state index is -0.364. The fourth-order valence-electron chi connectivity index (χ4n) is 2.87. The topological polar surface area (TPSA) is 79.5 Å². The molecular weight excluding hydrogens is 478 g/mol. The van der Waals surface area contributed by atoms with Gasteiger partial charge in [-0.3, -0.25) is 14.9 Å². The van der Waals surface area contributed by atoms with E-state index < -0.39 is 0 Å². The molecule has 2 rings (SSSR count). The molecule has 0 fully saturated rings. The van der Waals surface area contributed by atoms with Crippen molar-refractivity contribution in [3.63, 3.8) is 0 Å². The van der Waals surface area contributed by atoms with E-state index in [1.807, 2.05) is 25.1 Å². The molecule has 0 bridgehead atoms. The van der Waals surface area contributed by atoms with E-state index in [2.05, 4.69) is 38.8 Å². The zero-order chi connectivity index (χ0) is 22.8. The number of hydrogen-bond acceptors (Lipinski definition) is 4. The first kappa shape index (κ1) is 24.8. The first-order valence-electron chi connectivity index (χ1n) is 10.2. The van der Waals surface area contributed by atoms with Crippen LogP contribution in [0.1, 0.15) is 55.5 Å². The van der Waals surface area contributed by atoms with E-state index in [9.17, 15) is 9.59 Å². The largest absolute Gasteiger partial charge is 0.493 e. The summed E-state index contributed by atoms with van der Waals surface area (Å²) in [7, 11) is 0. The number of carbonyl (C=O) groups excluding carboxylic acids is 2. The number of benzene rings is 2. The van der Waals surface area contributed by atoms with Gasteiger partial charge in [0, 0.05) is 22.8 Å². The molecule has 0 aliphatic carbocycles. The molecule has 3 N–H and O–H groups in total. The van der Waals surface area contributed by atoms with Crippen molar-refractivity contribution in [2.24, 2.45) is 0 Å². The summed E-state index contributed by atoms with van der Waals surface area (Å²) in [6, 6.07) is 10.8. The first-order valence-corrected chi connectivity index (χ1v) is 11.4. The molecule has 0 saturated carbocycles. The minimum absolute atomic E-state index is 0.150. The Kier molecular flexibility index (Phi) is 9.94. The number of rotatable bonds is 9. The predicted octanol–water partition coefficient (Wildman–Crippen LogP) is 5.80. The molecule has 0 radical (unpaired) electrons. The van der Waals surface area contributed by atoms with Gasteiger partial charge in [-0.05, 0) is 61.5 Å². The third-order valence-corrected chi connectivity index (χ3v) is 5.17. The number of anilines is 2. The molecule has 0 spiro atoms. The van der Waals surface area contributed by atoms with Gasteiger partial charge in [-0.2, -0.15) is 0 Å². The number of amides is 2. The summed E-state index contributed by atoms with van der Waals surface area (Å²) >= 11 is 8.71. The van der Waals surface area contributed by atoms with Crippen molar-refractivity contribution in [2.45, 2.75) is 46.5 Å². The van der Waals surface area contributed by atoms with Gasteiger partial charge in [0.15, 0.2) is 5.11 Å². The van der Waals surface area contributed by atoms with Crippen LogP contribution in [0.4, 0.5) is 11.4 Å². The lowest BCUT2D eigenvalue weighted by molar-refractivity contribution is -0.114. The Morgan fingerprint density at radius 1 is 1.06 bits per heavy atom. The van der Waals surface area contributed by atoms with E-state index in [1.54, 1.807) is 18.2 Å². The highest BCUT2D eigenvalue weighted by atomic mass is 79.9. The highest BCUT2D eigenvalue weighted by Crippen LogP contribution is 2.24. The van der Waals surface area contributed by atoms with Crippen molar-refractivity contribution in [1.82, 2.24) is 5.32 Å². The SMILES string of the molecule is CCCCCCOc1ccc(Br)cc1C(=O)NC(=S)Nc1ccc(C)c(NC(C)=O)c1. The number of aryl methyl sites for hydroxylation is 1. The van der Waals surface area contributed by atoms with Crippen molar-refractivity contribution >= 4 is 56.4 Å². The van der Waals surface area contributed by atoms with E-state index in [4.69, 9.17) is 17.0 Å². The molecule has 2 aromatic rings. The number of carbonyl (C=O) groups is 2. The monoisotopic (exact) mass is 505 g/mol. The van der Waals surface area contributed by atoms with E-state index in [0.717, 1.165) is 29.3 Å². The molecule has 8 heteroatoms. The molecule has 0 saturated heterocycles. The first-order chi connectivity index (χ1) is 14.8. The van der Waals surface area contributed by atoms with Crippen LogP contribution in [-0.2, 0) is 4.79 Å². The summed E-state index contributed by atoms with van der Waals surface area (Å²) in [5.74, 6) is -0.00663. The number of ether oxygens (including phenoxy) is 1. The molecule has 0 aliphatic heterocycles. The summed E-state index contributed by atoms with van der Waals surface area (Å²) < 4.78 is 6.61. The fraction of sp³-hybridized carbons (Fsp3) is 0.348. The van der Waals surface area contributed by atoms with Gasteiger partial charge in [0.05, 0.1) is 12.2 Å². The molecule has 0 aromatic heterocycles. The highest BCUT2D eigenvalue weighted by molar-refractivity contribution is 9.10. The Bertz CT molecular complexity index is 950. The average molecular weight is 506 g/mol. The molecule has 0 heterocycles. The van der Waals surface area contributed by atoms with Crippen molar-refractivity contribution in [3.05, 3.63) is 52.0 Å². The fourth-order valence-corrected chi connectivity index (χ4v) is 3.44. The smallest absolute Gasteiger partial charge is 0.261 e. The van der Waals surface area contributed by atoms with Crippen molar-refractivity contribution in [1.29, 1.82) is 0 Å². The number of halogens is 1. The van der Waals surface area contributed by atoms with Crippen LogP contribution in [0, 0.1) is 6.92 Å². The number of thiocarbonyl (C=S) groups is 1. The zero-order valence-corrected chi connectivity index (χ0v) is 20.4. The van der Waals surface area contributed by atoms with Gasteiger partial charge in [0.1, 0.15) is 5.75 Å². The second-order valence-corrected chi connectivity index (χ2v) is 8.49. The van der Waals surface area contributed by atoms with Crippen LogP contribution in [0.3, 0.4) is 0 Å². The van der Waals surface area contributed by atoms with E-state index in [-0.39, 0.29) is 16.9 Å². The maximum absolute atomic E-state index is 12.8. The van der Waals surface area contributed by atoms with E-state index >= 15 is 0 Å². The highest BCUT2D eigenvalue weighted by Gasteiger charge is 2.15. The van der Waals surface area contributed by atoms with E-state index in [1.165, 1.54) is 13.3 Å². The normalized spacial score (nSPS) is 10.3. The lowest BCUT2D eigenvalue weighted by Crippen LogP contribution is -2.34. The number of nitrogens with one attached hydrogen (secondary N) is 3. The lowest BCUT2D eigenvalue weighted by atomic mass is 10.1. The second-order valence-electron chi connectivity index (χ2n) is 7.17. The van der Waals surface area contributed by atoms with Crippen molar-refractivity contribution < 1.29 is 14.3 Å². The summed E-state index contributed by atoms with van der Waals surface area (Å²) in [6.07, 6.45) is 4.36. The summed E-state index contributed by atoms with van der Waals surface area (Å²) in [4.78, 5) is 24.2. The second kappa shape index (κ2) is 12.4. The molecule has 0 unspecified atom stereocenters. The molecule has 2 aromatic carbocycles. The zero-order valence-electron chi connectivity index (χ0n) is 18.0. The molecule has 6 nitrogen and oxygen atoms in total. The number of hydrogen-bond donors (Lipinski definition) is 3. The Labute approximate surface area is 197 Å². The molecule has 2 amide bonds. The van der Waals surface area contributed by atoms with Crippen molar-refractivity contribution in [3.8, 4) is 5.75 Å². The Hall–Kier alpha value is -2.45. The molecule has 31 heavy (non-hydrogen) atoms. The van der Waals surface area contributed by atoms with Crippen LogP contribution in [0.5, 0.6) is 5.75 Å². The maximum Gasteiger partial charge on any atom is 0.261 e. The summed E-state index contributed by atoms with van der Waals surface area (Å²) in [6.45, 7) is 6.06. The van der Waals surface area contributed by atoms with Gasteiger partial charge >= 0.3 is 0 Å². The maximum atomic E-state index is 12.8. The Morgan fingerprint density at radius 3 is 2.55 bits per heavy atom. The van der Waals surface area contributed by atoms with Crippen molar-refractivity contribution in [2.75, 3.05) is 17.2 Å². The van der Waals surface area contributed by atoms with Gasteiger partial charge in [0.2, 0.25) is 5.91 Å². The molecule has 166 valence electrons. The summed E-state index contributed by atoms with van der Waals surface area (Å²) in [5.41, 5.74) is 2.65. The van der Waals surface area contributed by atoms with Crippen LogP contribution in [0.25, 0.3) is 0 Å². The summed E-state index contributed by atoms with van der Waals surface area (Å²) in [5, 5.41) is 8.59. The Morgan fingerprint density at radius 2 is 1.84 bits per heavy atom. The van der Waals surface area contributed by atoms with Crippen LogP contribution in [0.2, 0.25) is 0 Å². The van der Waals surface area contributed by atoms with Gasteiger partial charge in [0.25, 0.3) is 5.91 Å². The average Bonchev–Trinajstić information content (AvgIpc) is 2.70. The van der Waals surface area contributed by atoms with Gasteiger partial charge in [-0.25, -0.2) is 0 Å². The third kappa shape index (κ3) is 8.30. The lowest BCUT2D eigenvalue weighted by Gasteiger charge is -2.14.